The molecule has 0 aliphatic rings. The second-order valence-electron chi connectivity index (χ2n) is 3.65. The van der Waals surface area contributed by atoms with Crippen molar-refractivity contribution in [1.29, 1.82) is 0 Å². The molecule has 1 aromatic rings. The molecule has 1 aromatic carbocycles. The summed E-state index contributed by atoms with van der Waals surface area (Å²) in [6.07, 6.45) is 1.65. The molecule has 0 N–H and O–H groups in total. The van der Waals surface area contributed by atoms with Gasteiger partial charge in [0, 0.05) is 0 Å². The van der Waals surface area contributed by atoms with Crippen molar-refractivity contribution in [2.45, 2.75) is 13.8 Å². The lowest BCUT2D eigenvalue weighted by molar-refractivity contribution is 0.175. The third-order valence-electron chi connectivity index (χ3n) is 2.29. The van der Waals surface area contributed by atoms with Gasteiger partial charge in [-0.15, -0.1) is 0 Å². The van der Waals surface area contributed by atoms with Gasteiger partial charge in [0.05, 0.1) is 11.4 Å². The van der Waals surface area contributed by atoms with Gasteiger partial charge in [0.2, 0.25) is 0 Å². The van der Waals surface area contributed by atoms with Gasteiger partial charge in [-0.1, -0.05) is 41.2 Å². The topological polar surface area (TPSA) is 43.2 Å². The van der Waals surface area contributed by atoms with E-state index in [1.54, 1.807) is 6.08 Å². The van der Waals surface area contributed by atoms with E-state index in [-0.39, 0.29) is 0 Å². The summed E-state index contributed by atoms with van der Waals surface area (Å²) in [5.74, 6) is 0. The molecule has 18 heavy (non-hydrogen) atoms. The Balaban J connectivity index is 2.91. The molecule has 4 nitrogen and oxygen atoms in total. The van der Waals surface area contributed by atoms with Crippen molar-refractivity contribution < 1.29 is 9.68 Å². The average molecular weight is 245 g/mol. The molecule has 0 aromatic heterocycles. The maximum atomic E-state index is 5.05. The first kappa shape index (κ1) is 14.0. The molecule has 1 rings (SSSR count). The van der Waals surface area contributed by atoms with E-state index < -0.39 is 0 Å². The number of hydrogen-bond acceptors (Lipinski definition) is 4. The Bertz CT molecular complexity index is 465. The molecule has 1 radical (unpaired) electrons. The Labute approximate surface area is 108 Å². The maximum absolute atomic E-state index is 5.05. The lowest BCUT2D eigenvalue weighted by Crippen LogP contribution is -2.01. The van der Waals surface area contributed by atoms with Crippen LogP contribution in [0.4, 0.5) is 0 Å². The largest absolute Gasteiger partial charge is 0.392 e. The number of oxime groups is 2. The van der Waals surface area contributed by atoms with Crippen LogP contribution in [-0.4, -0.2) is 18.0 Å². The molecule has 95 valence electrons. The Morgan fingerprint density at radius 3 is 2.39 bits per heavy atom. The molecule has 4 heteroatoms. The van der Waals surface area contributed by atoms with Crippen LogP contribution in [0.2, 0.25) is 0 Å². The molecule has 0 aliphatic carbocycles. The molecule has 0 amide bonds. The Morgan fingerprint density at radius 2 is 1.83 bits per heavy atom. The van der Waals surface area contributed by atoms with E-state index >= 15 is 0 Å². The van der Waals surface area contributed by atoms with Gasteiger partial charge in [0.25, 0.3) is 0 Å². The minimum absolute atomic E-state index is 0.396. The highest BCUT2D eigenvalue weighted by atomic mass is 16.6. The van der Waals surface area contributed by atoms with E-state index in [4.69, 9.17) is 4.84 Å². The van der Waals surface area contributed by atoms with E-state index in [1.165, 1.54) is 0 Å². The summed E-state index contributed by atoms with van der Waals surface area (Å²) in [5.41, 5.74) is 3.47. The second kappa shape index (κ2) is 7.27. The quantitative estimate of drug-likeness (QED) is 0.334. The zero-order valence-corrected chi connectivity index (χ0v) is 10.7. The average Bonchev–Trinajstić information content (AvgIpc) is 2.39. The Hall–Kier alpha value is -2.10. The van der Waals surface area contributed by atoms with Crippen molar-refractivity contribution in [3.8, 4) is 0 Å². The van der Waals surface area contributed by atoms with Crippen molar-refractivity contribution in [2.24, 2.45) is 10.3 Å². The predicted molar refractivity (Wildman–Crippen MR) is 73.5 cm³/mol. The van der Waals surface area contributed by atoms with E-state index in [9.17, 15) is 0 Å². The van der Waals surface area contributed by atoms with Crippen molar-refractivity contribution in [3.05, 3.63) is 55.2 Å². The summed E-state index contributed by atoms with van der Waals surface area (Å²) >= 11 is 0. The van der Waals surface area contributed by atoms with Gasteiger partial charge in [0.1, 0.15) is 6.61 Å². The van der Waals surface area contributed by atoms with Gasteiger partial charge in [-0.2, -0.15) is 0 Å². The summed E-state index contributed by atoms with van der Waals surface area (Å²) in [7, 11) is 3.22. The molecule has 0 heterocycles. The summed E-state index contributed by atoms with van der Waals surface area (Å²) in [6.45, 7) is 7.69. The number of nitrogens with zero attached hydrogens (tertiary/aromatic N) is 2. The molecular weight excluding hydrogens is 228 g/mol. The molecule has 0 atom stereocenters. The first-order valence-electron chi connectivity index (χ1n) is 5.53. The summed E-state index contributed by atoms with van der Waals surface area (Å²) < 4.78 is 0. The number of benzene rings is 1. The standard InChI is InChI=1S/C14H17N2O2/c1-5-9-18-16-12(3)14-8-6-7-13(10-14)11(2)15-17-4/h5-8,10H,1,4,9H2,2-3H3/b15-11+,16-12+. The minimum atomic E-state index is 0.396. The molecule has 0 saturated carbocycles. The van der Waals surface area contributed by atoms with E-state index in [2.05, 4.69) is 28.8 Å². The van der Waals surface area contributed by atoms with Crippen LogP contribution < -0.4 is 0 Å². The highest BCUT2D eigenvalue weighted by Gasteiger charge is 2.02. The number of rotatable bonds is 6. The highest BCUT2D eigenvalue weighted by Crippen LogP contribution is 2.08. The van der Waals surface area contributed by atoms with Crippen LogP contribution >= 0.6 is 0 Å². The third-order valence-corrected chi connectivity index (χ3v) is 2.29. The maximum Gasteiger partial charge on any atom is 0.153 e. The normalized spacial score (nSPS) is 12.2. The molecule has 0 saturated heterocycles. The van der Waals surface area contributed by atoms with Crippen LogP contribution in [0, 0.1) is 7.11 Å². The molecule has 0 bridgehead atoms. The van der Waals surface area contributed by atoms with E-state index in [0.717, 1.165) is 22.6 Å². The number of hydrogen-bond donors (Lipinski definition) is 0. The second-order valence-corrected chi connectivity index (χ2v) is 3.65. The van der Waals surface area contributed by atoms with Crippen molar-refractivity contribution in [3.63, 3.8) is 0 Å². The predicted octanol–water partition coefficient (Wildman–Crippen LogP) is 3.15. The van der Waals surface area contributed by atoms with Crippen LogP contribution in [0.15, 0.2) is 47.2 Å². The van der Waals surface area contributed by atoms with Crippen LogP contribution in [0.1, 0.15) is 25.0 Å². The van der Waals surface area contributed by atoms with Crippen LogP contribution in [0.25, 0.3) is 0 Å². The van der Waals surface area contributed by atoms with Gasteiger partial charge in [-0.05, 0) is 31.0 Å². The van der Waals surface area contributed by atoms with Crippen LogP contribution in [-0.2, 0) is 9.68 Å². The van der Waals surface area contributed by atoms with Crippen molar-refractivity contribution in [1.82, 2.24) is 0 Å². The third kappa shape index (κ3) is 4.05. The van der Waals surface area contributed by atoms with E-state index in [0.29, 0.717) is 6.61 Å². The lowest BCUT2D eigenvalue weighted by Gasteiger charge is -2.04. The molecule has 0 aliphatic heterocycles. The van der Waals surface area contributed by atoms with Gasteiger partial charge >= 0.3 is 0 Å². The lowest BCUT2D eigenvalue weighted by atomic mass is 10.1. The highest BCUT2D eigenvalue weighted by molar-refractivity contribution is 6.03. The van der Waals surface area contributed by atoms with Gasteiger partial charge in [-0.25, -0.2) is 0 Å². The zero-order chi connectivity index (χ0) is 13.4. The minimum Gasteiger partial charge on any atom is -0.392 e. The molecule has 0 unspecified atom stereocenters. The van der Waals surface area contributed by atoms with Crippen molar-refractivity contribution in [2.75, 3.05) is 6.61 Å². The van der Waals surface area contributed by atoms with Gasteiger partial charge in [-0.3, -0.25) is 0 Å². The summed E-state index contributed by atoms with van der Waals surface area (Å²) in [4.78, 5) is 9.56. The first-order valence-corrected chi connectivity index (χ1v) is 5.53. The summed E-state index contributed by atoms with van der Waals surface area (Å²) in [5, 5.41) is 7.78. The smallest absolute Gasteiger partial charge is 0.153 e. The van der Waals surface area contributed by atoms with Crippen LogP contribution in [0.3, 0.4) is 0 Å². The zero-order valence-electron chi connectivity index (χ0n) is 10.7. The fourth-order valence-corrected chi connectivity index (χ4v) is 1.36. The first-order chi connectivity index (χ1) is 8.69. The van der Waals surface area contributed by atoms with E-state index in [1.807, 2.05) is 38.1 Å². The Morgan fingerprint density at radius 1 is 1.22 bits per heavy atom. The summed E-state index contributed by atoms with van der Waals surface area (Å²) in [6, 6.07) is 7.80. The monoisotopic (exact) mass is 245 g/mol. The van der Waals surface area contributed by atoms with Crippen molar-refractivity contribution >= 4 is 11.4 Å². The van der Waals surface area contributed by atoms with Gasteiger partial charge < -0.3 is 9.68 Å². The fourth-order valence-electron chi connectivity index (χ4n) is 1.36. The molecule has 0 fully saturated rings. The van der Waals surface area contributed by atoms with Crippen LogP contribution in [0.5, 0.6) is 0 Å². The SMILES string of the molecule is [CH2]O/N=C(\C)c1cccc(/C(C)=N/OCC=C)c1. The molecular formula is C14H17N2O2. The fraction of sp³-hybridized carbons (Fsp3) is 0.214. The Kier molecular flexibility index (Phi) is 5.64. The molecule has 0 spiro atoms. The van der Waals surface area contributed by atoms with Gasteiger partial charge in [0.15, 0.2) is 7.11 Å².